The van der Waals surface area contributed by atoms with Gasteiger partial charge in [0.05, 0.1) is 16.9 Å². The fraction of sp³-hybridized carbons (Fsp3) is 0.767. The zero-order valence-electron chi connectivity index (χ0n) is 24.0. The van der Waals surface area contributed by atoms with E-state index in [4.69, 9.17) is 14.6 Å². The summed E-state index contributed by atoms with van der Waals surface area (Å²) in [5.41, 5.74) is -1.27. The molecule has 0 bridgehead atoms. The molecular weight excluding hydrogens is 472 g/mol. The van der Waals surface area contributed by atoms with Crippen LogP contribution >= 0.6 is 0 Å². The third kappa shape index (κ3) is 12.3. The topological polar surface area (TPSA) is 110 Å². The van der Waals surface area contributed by atoms with Gasteiger partial charge in [0.25, 0.3) is 0 Å². The number of hydrogen-bond donors (Lipinski definition) is 2. The molecule has 1 saturated carbocycles. The summed E-state index contributed by atoms with van der Waals surface area (Å²) in [6, 6.07) is 0. The maximum Gasteiger partial charge on any atom is 0.311 e. The van der Waals surface area contributed by atoms with E-state index in [0.29, 0.717) is 32.1 Å². The molecule has 7 heteroatoms. The van der Waals surface area contributed by atoms with Gasteiger partial charge in [-0.2, -0.15) is 0 Å². The Labute approximate surface area is 223 Å². The second-order valence-corrected chi connectivity index (χ2v) is 12.3. The number of carboxylic acid groups (broad SMARTS) is 1. The lowest BCUT2D eigenvalue weighted by Crippen LogP contribution is -2.31. The van der Waals surface area contributed by atoms with Crippen molar-refractivity contribution in [2.45, 2.75) is 125 Å². The Morgan fingerprint density at radius 3 is 2.19 bits per heavy atom. The van der Waals surface area contributed by atoms with Crippen LogP contribution in [0.2, 0.25) is 0 Å². The first-order chi connectivity index (χ1) is 17.2. The molecule has 1 aliphatic rings. The fourth-order valence-electron chi connectivity index (χ4n) is 4.22. The zero-order chi connectivity index (χ0) is 28.2. The van der Waals surface area contributed by atoms with Crippen LogP contribution < -0.4 is 0 Å². The third-order valence-electron chi connectivity index (χ3n) is 6.61. The number of carbonyl (C=O) groups is 3. The Balaban J connectivity index is 3.10. The summed E-state index contributed by atoms with van der Waals surface area (Å²) in [7, 11) is 0. The van der Waals surface area contributed by atoms with Crippen molar-refractivity contribution in [3.05, 3.63) is 24.3 Å². The van der Waals surface area contributed by atoms with Crippen LogP contribution in [0.4, 0.5) is 0 Å². The molecule has 0 radical (unpaired) electrons. The van der Waals surface area contributed by atoms with Crippen molar-refractivity contribution in [3.63, 3.8) is 0 Å². The molecule has 0 aliphatic heterocycles. The Bertz CT molecular complexity index is 785. The molecule has 1 fully saturated rings. The predicted octanol–water partition coefficient (Wildman–Crippen LogP) is 6.24. The van der Waals surface area contributed by atoms with E-state index in [1.807, 2.05) is 45.1 Å². The molecule has 0 aromatic rings. The van der Waals surface area contributed by atoms with Crippen molar-refractivity contribution in [2.24, 2.45) is 22.7 Å². The number of carbonyl (C=O) groups excluding carboxylic acids is 2. The van der Waals surface area contributed by atoms with Crippen molar-refractivity contribution in [1.82, 2.24) is 0 Å². The van der Waals surface area contributed by atoms with Crippen molar-refractivity contribution >= 4 is 17.9 Å². The third-order valence-corrected chi connectivity index (χ3v) is 6.61. The van der Waals surface area contributed by atoms with Crippen LogP contribution in [0.15, 0.2) is 24.3 Å². The SMILES string of the molecule is CCCCC[C@@H](C=C[C@@H]1[C@@H](CC=CCCCC(=O)O)[C@@H](O)C[C@H]1OC(=O)C(C)(C)C)OC(=O)C(C)(C)C. The van der Waals surface area contributed by atoms with E-state index in [-0.39, 0.29) is 36.3 Å². The van der Waals surface area contributed by atoms with Gasteiger partial charge < -0.3 is 19.7 Å². The average Bonchev–Trinajstić information content (AvgIpc) is 3.06. The van der Waals surface area contributed by atoms with Gasteiger partial charge in [0.15, 0.2) is 0 Å². The Morgan fingerprint density at radius 1 is 0.973 bits per heavy atom. The molecular formula is C30H50O7. The highest BCUT2D eigenvalue weighted by Crippen LogP contribution is 2.39. The molecule has 0 aromatic carbocycles. The van der Waals surface area contributed by atoms with Crippen LogP contribution in [0.3, 0.4) is 0 Å². The standard InChI is InChI=1S/C30H50O7/c1-8-9-12-15-21(36-27(34)29(2,3)4)18-19-23-22(16-13-10-11-14-17-26(32)33)24(31)20-25(23)37-28(35)30(5,6)7/h10,13,18-19,21-25,31H,8-9,11-12,14-17,20H2,1-7H3,(H,32,33)/t21-,22+,23+,24-,25+/m0/s1. The second kappa shape index (κ2) is 15.3. The van der Waals surface area contributed by atoms with Gasteiger partial charge in [0.1, 0.15) is 12.2 Å². The van der Waals surface area contributed by atoms with Crippen LogP contribution in [0, 0.1) is 22.7 Å². The Hall–Kier alpha value is -2.15. The first-order valence-corrected chi connectivity index (χ1v) is 13.8. The number of rotatable bonds is 14. The minimum atomic E-state index is -0.811. The average molecular weight is 523 g/mol. The van der Waals surface area contributed by atoms with Crippen molar-refractivity contribution < 1.29 is 34.1 Å². The quantitative estimate of drug-likeness (QED) is 0.158. The van der Waals surface area contributed by atoms with Gasteiger partial charge in [0, 0.05) is 18.8 Å². The molecule has 7 nitrogen and oxygen atoms in total. The van der Waals surface area contributed by atoms with E-state index in [1.165, 1.54) is 0 Å². The van der Waals surface area contributed by atoms with E-state index in [2.05, 4.69) is 6.92 Å². The summed E-state index contributed by atoms with van der Waals surface area (Å²) >= 11 is 0. The van der Waals surface area contributed by atoms with E-state index in [9.17, 15) is 19.5 Å². The summed E-state index contributed by atoms with van der Waals surface area (Å²) in [6.45, 7) is 13.0. The summed E-state index contributed by atoms with van der Waals surface area (Å²) in [5, 5.41) is 19.7. The zero-order valence-corrected chi connectivity index (χ0v) is 24.0. The fourth-order valence-corrected chi connectivity index (χ4v) is 4.22. The van der Waals surface area contributed by atoms with Crippen LogP contribution in [0.1, 0.15) is 106 Å². The number of aliphatic hydroxyl groups excluding tert-OH is 1. The Morgan fingerprint density at radius 2 is 1.62 bits per heavy atom. The molecule has 0 aromatic heterocycles. The maximum atomic E-state index is 12.7. The monoisotopic (exact) mass is 522 g/mol. The highest BCUT2D eigenvalue weighted by Gasteiger charge is 2.44. The molecule has 0 spiro atoms. The number of aliphatic hydroxyl groups is 1. The smallest absolute Gasteiger partial charge is 0.311 e. The Kier molecular flexibility index (Phi) is 13.6. The van der Waals surface area contributed by atoms with Gasteiger partial charge in [-0.1, -0.05) is 38.0 Å². The summed E-state index contributed by atoms with van der Waals surface area (Å²) in [6.07, 6.45) is 12.3. The minimum absolute atomic E-state index is 0.124. The number of esters is 2. The van der Waals surface area contributed by atoms with Gasteiger partial charge >= 0.3 is 17.9 Å². The predicted molar refractivity (Wildman–Crippen MR) is 145 cm³/mol. The van der Waals surface area contributed by atoms with Gasteiger partial charge in [-0.05, 0) is 85.6 Å². The van der Waals surface area contributed by atoms with Crippen LogP contribution in [-0.4, -0.2) is 46.4 Å². The molecule has 212 valence electrons. The molecule has 0 heterocycles. The number of aliphatic carboxylic acids is 1. The van der Waals surface area contributed by atoms with Crippen molar-refractivity contribution in [3.8, 4) is 0 Å². The number of allylic oxidation sites excluding steroid dienone is 2. The molecule has 1 aliphatic carbocycles. The van der Waals surface area contributed by atoms with Gasteiger partial charge in [-0.3, -0.25) is 14.4 Å². The lowest BCUT2D eigenvalue weighted by molar-refractivity contribution is -0.160. The molecule has 5 atom stereocenters. The highest BCUT2D eigenvalue weighted by atomic mass is 16.6. The summed E-state index contributed by atoms with van der Waals surface area (Å²) in [5.74, 6) is -1.78. The van der Waals surface area contributed by atoms with E-state index >= 15 is 0 Å². The first-order valence-electron chi connectivity index (χ1n) is 13.8. The van der Waals surface area contributed by atoms with Gasteiger partial charge in [-0.15, -0.1) is 0 Å². The lowest BCUT2D eigenvalue weighted by Gasteiger charge is -2.26. The van der Waals surface area contributed by atoms with Crippen molar-refractivity contribution in [2.75, 3.05) is 0 Å². The van der Waals surface area contributed by atoms with Crippen LogP contribution in [0.5, 0.6) is 0 Å². The van der Waals surface area contributed by atoms with E-state index < -0.39 is 29.0 Å². The number of unbranched alkanes of at least 4 members (excludes halogenated alkanes) is 3. The number of carboxylic acids is 1. The largest absolute Gasteiger partial charge is 0.481 e. The number of ether oxygens (including phenoxy) is 2. The normalized spacial score (nSPS) is 23.5. The summed E-state index contributed by atoms with van der Waals surface area (Å²) < 4.78 is 11.7. The second-order valence-electron chi connectivity index (χ2n) is 12.3. The molecule has 0 saturated heterocycles. The van der Waals surface area contributed by atoms with Crippen LogP contribution in [0.25, 0.3) is 0 Å². The molecule has 0 unspecified atom stereocenters. The first kappa shape index (κ1) is 32.9. The van der Waals surface area contributed by atoms with Gasteiger partial charge in [0.2, 0.25) is 0 Å². The van der Waals surface area contributed by atoms with Gasteiger partial charge in [-0.25, -0.2) is 0 Å². The molecule has 0 amide bonds. The van der Waals surface area contributed by atoms with E-state index in [0.717, 1.165) is 19.3 Å². The molecule has 2 N–H and O–H groups in total. The lowest BCUT2D eigenvalue weighted by atomic mass is 9.89. The molecule has 1 rings (SSSR count). The highest BCUT2D eigenvalue weighted by molar-refractivity contribution is 5.76. The van der Waals surface area contributed by atoms with Crippen molar-refractivity contribution in [1.29, 1.82) is 0 Å². The van der Waals surface area contributed by atoms with E-state index in [1.54, 1.807) is 20.8 Å². The minimum Gasteiger partial charge on any atom is -0.481 e. The van der Waals surface area contributed by atoms with Crippen LogP contribution in [-0.2, 0) is 23.9 Å². The molecule has 37 heavy (non-hydrogen) atoms. The maximum absolute atomic E-state index is 12.7. The summed E-state index contributed by atoms with van der Waals surface area (Å²) in [4.78, 5) is 36.0. The number of hydrogen-bond acceptors (Lipinski definition) is 6.